The summed E-state index contributed by atoms with van der Waals surface area (Å²) in [6, 6.07) is 0. The van der Waals surface area contributed by atoms with Gasteiger partial charge in [0.2, 0.25) is 0 Å². The Morgan fingerprint density at radius 3 is 0.800 bits per heavy atom. The minimum atomic E-state index is 0. The summed E-state index contributed by atoms with van der Waals surface area (Å²) in [5, 5.41) is 17.3. The van der Waals surface area contributed by atoms with Crippen molar-refractivity contribution in [2.75, 3.05) is 0 Å². The van der Waals surface area contributed by atoms with Gasteiger partial charge in [0.15, 0.2) is 0 Å². The monoisotopic (exact) mass is 310 g/mol. The fraction of sp³-hybridized carbons (Fsp3) is 0. The zero-order valence-corrected chi connectivity index (χ0v) is 11.2. The van der Waals surface area contributed by atoms with Gasteiger partial charge in [0.1, 0.15) is 10.8 Å². The summed E-state index contributed by atoms with van der Waals surface area (Å²) >= 11 is 6.19. The van der Waals surface area contributed by atoms with Gasteiger partial charge in [-0.1, -0.05) is 25.3 Å². The van der Waals surface area contributed by atoms with E-state index in [0.717, 1.165) is 0 Å². The number of nitriles is 2. The van der Waals surface area contributed by atoms with E-state index in [1.807, 2.05) is 0 Å². The molecule has 0 fully saturated rings. The Morgan fingerprint density at radius 1 is 0.800 bits per heavy atom. The fourth-order valence-electron chi connectivity index (χ4n) is 0. The van der Waals surface area contributed by atoms with Crippen LogP contribution in [0, 0.1) is 21.3 Å². The van der Waals surface area contributed by atoms with Crippen molar-refractivity contribution in [1.29, 1.82) is 10.5 Å². The summed E-state index contributed by atoms with van der Waals surface area (Å²) < 4.78 is 0. The molecule has 0 aliphatic heterocycles. The molecule has 0 bridgehead atoms. The molecular formula is C2H8BaN2O3S2. The van der Waals surface area contributed by atoms with Gasteiger partial charge in [-0.3, -0.25) is 0 Å². The number of rotatable bonds is 0. The summed E-state index contributed by atoms with van der Waals surface area (Å²) in [5.74, 6) is 0. The van der Waals surface area contributed by atoms with Crippen molar-refractivity contribution in [3.8, 4) is 10.8 Å². The Hall–Kier alpha value is 1.13. The van der Waals surface area contributed by atoms with Gasteiger partial charge in [-0.15, -0.1) is 0 Å². The van der Waals surface area contributed by atoms with E-state index in [4.69, 9.17) is 10.5 Å². The van der Waals surface area contributed by atoms with Crippen LogP contribution in [0.2, 0.25) is 0 Å². The van der Waals surface area contributed by atoms with Crippen LogP contribution >= 0.6 is 25.3 Å². The van der Waals surface area contributed by atoms with E-state index in [-0.39, 0.29) is 65.3 Å². The van der Waals surface area contributed by atoms with Gasteiger partial charge >= 0.3 is 0 Å². The summed E-state index contributed by atoms with van der Waals surface area (Å²) in [4.78, 5) is 0. The first-order valence-electron chi connectivity index (χ1n) is 0.894. The minimum absolute atomic E-state index is 0. The first-order valence-corrected chi connectivity index (χ1v) is 1.79. The Balaban J connectivity index is -0.00000000571. The van der Waals surface area contributed by atoms with Gasteiger partial charge < -0.3 is 16.4 Å². The van der Waals surface area contributed by atoms with Gasteiger partial charge in [-0.05, 0) is 0 Å². The van der Waals surface area contributed by atoms with Gasteiger partial charge in [-0.25, -0.2) is 0 Å². The molecule has 0 spiro atoms. The molecule has 0 saturated carbocycles. The molecule has 0 aromatic carbocycles. The number of nitrogens with zero attached hydrogens (tertiary/aromatic N) is 2. The van der Waals surface area contributed by atoms with Gasteiger partial charge in [-0.2, -0.15) is 10.5 Å². The molecule has 0 unspecified atom stereocenters. The van der Waals surface area contributed by atoms with Gasteiger partial charge in [0.05, 0.1) is 0 Å². The van der Waals surface area contributed by atoms with E-state index in [0.29, 0.717) is 0 Å². The molecule has 0 saturated heterocycles. The largest absolute Gasteiger partial charge is 0.412 e. The van der Waals surface area contributed by atoms with Crippen LogP contribution in [0.25, 0.3) is 0 Å². The molecule has 58 valence electrons. The van der Waals surface area contributed by atoms with Crippen LogP contribution < -0.4 is 0 Å². The van der Waals surface area contributed by atoms with Crippen LogP contribution in [0.5, 0.6) is 0 Å². The van der Waals surface area contributed by atoms with Crippen LogP contribution in [0.1, 0.15) is 0 Å². The third kappa shape index (κ3) is 472. The van der Waals surface area contributed by atoms with Crippen molar-refractivity contribution < 1.29 is 16.4 Å². The van der Waals surface area contributed by atoms with E-state index in [9.17, 15) is 0 Å². The molecular weight excluding hydrogens is 301 g/mol. The molecule has 8 heteroatoms. The van der Waals surface area contributed by atoms with Crippen molar-refractivity contribution in [2.45, 2.75) is 0 Å². The van der Waals surface area contributed by atoms with Crippen LogP contribution in [-0.2, 0) is 0 Å². The molecule has 0 aromatic rings. The molecule has 0 heterocycles. The minimum Gasteiger partial charge on any atom is -0.412 e. The smallest absolute Gasteiger partial charge is 0.130 e. The third-order valence-corrected chi connectivity index (χ3v) is 0. The Bertz CT molecular complexity index is 77.5. The normalized spacial score (nSPS) is 1.60. The molecule has 10 heavy (non-hydrogen) atoms. The quantitative estimate of drug-likeness (QED) is 0.301. The first-order chi connectivity index (χ1) is 2.83. The van der Waals surface area contributed by atoms with Crippen molar-refractivity contribution in [1.82, 2.24) is 0 Å². The molecule has 0 aliphatic carbocycles. The molecule has 6 N–H and O–H groups in total. The average molecular weight is 310 g/mol. The molecule has 0 aromatic heterocycles. The Labute approximate surface area is 110 Å². The van der Waals surface area contributed by atoms with Gasteiger partial charge in [0, 0.05) is 48.9 Å². The number of hydrogen-bond acceptors (Lipinski definition) is 4. The molecule has 0 rings (SSSR count). The molecule has 5 nitrogen and oxygen atoms in total. The number of hydrogen-bond donors (Lipinski definition) is 2. The maximum absolute atomic E-state index is 7.18. The van der Waals surface area contributed by atoms with E-state index < -0.39 is 0 Å². The van der Waals surface area contributed by atoms with Crippen LogP contribution in [-0.4, -0.2) is 65.3 Å². The second kappa shape index (κ2) is 86.2. The zero-order chi connectivity index (χ0) is 5.41. The van der Waals surface area contributed by atoms with E-state index >= 15 is 0 Å². The SMILES string of the molecule is N#CS.N#CS.O.O.O.[Ba]. The number of thiocyanates is 2. The van der Waals surface area contributed by atoms with Crippen molar-refractivity contribution >= 4 is 74.1 Å². The number of thiol groups is 2. The second-order valence-electron chi connectivity index (χ2n) is 0.200. The predicted molar refractivity (Wildman–Crippen MR) is 45.8 cm³/mol. The molecule has 0 aliphatic rings. The standard InChI is InChI=1S/2CHNS.Ba.3H2O/c2*2-1-3;;;;/h2*3H;;3*1H2. The Kier molecular flexibility index (Phi) is 374. The van der Waals surface area contributed by atoms with Crippen LogP contribution in [0.4, 0.5) is 0 Å². The molecule has 0 amide bonds. The summed E-state index contributed by atoms with van der Waals surface area (Å²) in [7, 11) is 0. The molecule has 0 atom stereocenters. The third-order valence-electron chi connectivity index (χ3n) is 0. The van der Waals surface area contributed by atoms with E-state index in [1.165, 1.54) is 10.8 Å². The summed E-state index contributed by atoms with van der Waals surface area (Å²) in [6.07, 6.45) is 0. The van der Waals surface area contributed by atoms with Crippen molar-refractivity contribution in [3.05, 3.63) is 0 Å². The van der Waals surface area contributed by atoms with Crippen LogP contribution in [0.3, 0.4) is 0 Å². The molecule has 2 radical (unpaired) electrons. The van der Waals surface area contributed by atoms with Crippen molar-refractivity contribution in [3.63, 3.8) is 0 Å². The fourth-order valence-corrected chi connectivity index (χ4v) is 0. The van der Waals surface area contributed by atoms with E-state index in [1.54, 1.807) is 0 Å². The van der Waals surface area contributed by atoms with Crippen molar-refractivity contribution in [2.24, 2.45) is 0 Å². The topological polar surface area (TPSA) is 142 Å². The summed E-state index contributed by atoms with van der Waals surface area (Å²) in [5.41, 5.74) is 0. The van der Waals surface area contributed by atoms with Gasteiger partial charge in [0.25, 0.3) is 0 Å². The average Bonchev–Trinajstić information content (AvgIpc) is 1.39. The zero-order valence-electron chi connectivity index (χ0n) is 5.00. The maximum atomic E-state index is 7.18. The van der Waals surface area contributed by atoms with Crippen LogP contribution in [0.15, 0.2) is 0 Å². The first kappa shape index (κ1) is 43.4. The predicted octanol–water partition coefficient (Wildman–Crippen LogP) is -2.06. The van der Waals surface area contributed by atoms with E-state index in [2.05, 4.69) is 25.3 Å². The maximum Gasteiger partial charge on any atom is 0.130 e. The summed E-state index contributed by atoms with van der Waals surface area (Å²) in [6.45, 7) is 0. The second-order valence-corrected chi connectivity index (χ2v) is 0.600. The Morgan fingerprint density at radius 2 is 0.800 bits per heavy atom.